The highest BCUT2D eigenvalue weighted by molar-refractivity contribution is 6.30. The molecule has 0 unspecified atom stereocenters. The van der Waals surface area contributed by atoms with E-state index in [-0.39, 0.29) is 5.69 Å². The van der Waals surface area contributed by atoms with Crippen molar-refractivity contribution in [3.05, 3.63) is 52.8 Å². The Kier molecular flexibility index (Phi) is 3.53. The summed E-state index contributed by atoms with van der Waals surface area (Å²) in [4.78, 5) is 19.1. The van der Waals surface area contributed by atoms with Crippen molar-refractivity contribution in [2.24, 2.45) is 0 Å². The third kappa shape index (κ3) is 2.81. The van der Waals surface area contributed by atoms with Crippen LogP contribution in [0.2, 0.25) is 5.15 Å². The number of anilines is 1. The summed E-state index contributed by atoms with van der Waals surface area (Å²) in [7, 11) is 0. The first-order valence-corrected chi connectivity index (χ1v) is 5.50. The number of pyridine rings is 2. The molecular weight excluding hydrogens is 257 g/mol. The minimum absolute atomic E-state index is 0.00241. The predicted octanol–water partition coefficient (Wildman–Crippen LogP) is 2.83. The molecule has 0 aliphatic heterocycles. The minimum Gasteiger partial charge on any atom is -0.319 e. The molecule has 0 fully saturated rings. The van der Waals surface area contributed by atoms with Crippen molar-refractivity contribution in [1.82, 2.24) is 9.97 Å². The van der Waals surface area contributed by atoms with Gasteiger partial charge in [-0.15, -0.1) is 0 Å². The maximum absolute atomic E-state index is 12.9. The molecule has 18 heavy (non-hydrogen) atoms. The molecule has 2 rings (SSSR count). The Balaban J connectivity index is 2.18. The molecule has 92 valence electrons. The van der Waals surface area contributed by atoms with Crippen LogP contribution in [0.3, 0.4) is 0 Å². The summed E-state index contributed by atoms with van der Waals surface area (Å²) >= 11 is 5.77. The summed E-state index contributed by atoms with van der Waals surface area (Å²) in [6.07, 6.45) is 1.42. The number of aromatic nitrogens is 2. The number of nitrogens with one attached hydrogen (secondary N) is 1. The van der Waals surface area contributed by atoms with Gasteiger partial charge in [0.15, 0.2) is 0 Å². The van der Waals surface area contributed by atoms with E-state index in [1.807, 2.05) is 0 Å². The number of halogens is 2. The maximum atomic E-state index is 12.9. The zero-order valence-corrected chi connectivity index (χ0v) is 10.2. The smallest absolute Gasteiger partial charge is 0.274 e. The van der Waals surface area contributed by atoms with Gasteiger partial charge in [-0.1, -0.05) is 17.7 Å². The molecule has 0 atom stereocenters. The van der Waals surface area contributed by atoms with Crippen LogP contribution in [0.1, 0.15) is 16.1 Å². The Bertz CT molecular complexity index is 604. The van der Waals surface area contributed by atoms with Crippen LogP contribution >= 0.6 is 11.6 Å². The lowest BCUT2D eigenvalue weighted by atomic mass is 10.3. The first-order valence-electron chi connectivity index (χ1n) is 5.12. The fourth-order valence-corrected chi connectivity index (χ4v) is 1.46. The fraction of sp³-hybridized carbons (Fsp3) is 0.0833. The second-order valence-corrected chi connectivity index (χ2v) is 3.99. The molecule has 0 saturated carbocycles. The Labute approximate surface area is 108 Å². The van der Waals surface area contributed by atoms with Gasteiger partial charge in [0.1, 0.15) is 10.8 Å². The van der Waals surface area contributed by atoms with Crippen LogP contribution in [0.25, 0.3) is 0 Å². The van der Waals surface area contributed by atoms with Gasteiger partial charge in [0.2, 0.25) is 5.95 Å². The molecule has 2 aromatic rings. The molecule has 1 amide bonds. The summed E-state index contributed by atoms with van der Waals surface area (Å²) < 4.78 is 12.9. The number of carbonyl (C=O) groups excluding carboxylic acids is 1. The highest BCUT2D eigenvalue weighted by Gasteiger charge is 2.09. The van der Waals surface area contributed by atoms with Crippen LogP contribution in [-0.2, 0) is 0 Å². The number of hydrogen-bond donors (Lipinski definition) is 1. The van der Waals surface area contributed by atoms with Crippen LogP contribution in [0.5, 0.6) is 0 Å². The maximum Gasteiger partial charge on any atom is 0.274 e. The lowest BCUT2D eigenvalue weighted by Crippen LogP contribution is -2.14. The van der Waals surface area contributed by atoms with Crippen molar-refractivity contribution in [2.45, 2.75) is 6.92 Å². The van der Waals surface area contributed by atoms with Crippen LogP contribution < -0.4 is 5.32 Å². The average Bonchev–Trinajstić information content (AvgIpc) is 2.34. The largest absolute Gasteiger partial charge is 0.319 e. The summed E-state index contributed by atoms with van der Waals surface area (Å²) in [5, 5.41) is 2.94. The summed E-state index contributed by atoms with van der Waals surface area (Å²) in [5.74, 6) is -1.20. The molecule has 6 heteroatoms. The van der Waals surface area contributed by atoms with Gasteiger partial charge in [-0.2, -0.15) is 4.39 Å². The number of amides is 1. The molecule has 0 aromatic carbocycles. The van der Waals surface area contributed by atoms with Crippen LogP contribution in [0.4, 0.5) is 10.1 Å². The van der Waals surface area contributed by atoms with Crippen molar-refractivity contribution in [3.63, 3.8) is 0 Å². The van der Waals surface area contributed by atoms with Crippen LogP contribution in [0, 0.1) is 12.9 Å². The molecule has 0 spiro atoms. The molecule has 0 bridgehead atoms. The van der Waals surface area contributed by atoms with Crippen molar-refractivity contribution in [3.8, 4) is 0 Å². The monoisotopic (exact) mass is 265 g/mol. The third-order valence-corrected chi connectivity index (χ3v) is 2.62. The van der Waals surface area contributed by atoms with Crippen molar-refractivity contribution < 1.29 is 9.18 Å². The number of rotatable bonds is 2. The summed E-state index contributed by atoms with van der Waals surface area (Å²) in [5.41, 5.74) is 1.22. The Morgan fingerprint density at radius 2 is 2.22 bits per heavy atom. The van der Waals surface area contributed by atoms with E-state index < -0.39 is 11.9 Å². The summed E-state index contributed by atoms with van der Waals surface area (Å²) in [6.45, 7) is 1.77. The normalized spacial score (nSPS) is 10.2. The fourth-order valence-electron chi connectivity index (χ4n) is 1.36. The lowest BCUT2D eigenvalue weighted by molar-refractivity contribution is 0.102. The second-order valence-electron chi connectivity index (χ2n) is 3.63. The summed E-state index contributed by atoms with van der Waals surface area (Å²) in [6, 6.07) is 5.69. The van der Waals surface area contributed by atoms with Gasteiger partial charge in [-0.05, 0) is 30.7 Å². The Hall–Kier alpha value is -2.01. The van der Waals surface area contributed by atoms with Crippen molar-refractivity contribution in [1.29, 1.82) is 0 Å². The van der Waals surface area contributed by atoms with Gasteiger partial charge in [0, 0.05) is 0 Å². The second kappa shape index (κ2) is 5.10. The zero-order chi connectivity index (χ0) is 13.1. The quantitative estimate of drug-likeness (QED) is 0.850. The first kappa shape index (κ1) is 12.4. The van der Waals surface area contributed by atoms with Gasteiger partial charge >= 0.3 is 0 Å². The zero-order valence-electron chi connectivity index (χ0n) is 9.45. The SMILES string of the molecule is Cc1cc(NC(=O)c2cccc(F)n2)cnc1Cl. The van der Waals surface area contributed by atoms with Gasteiger partial charge in [-0.3, -0.25) is 4.79 Å². The number of aryl methyl sites for hydroxylation is 1. The number of carbonyl (C=O) groups is 1. The molecule has 4 nitrogen and oxygen atoms in total. The predicted molar refractivity (Wildman–Crippen MR) is 66.1 cm³/mol. The highest BCUT2D eigenvalue weighted by atomic mass is 35.5. The molecule has 0 aliphatic rings. The van der Waals surface area contributed by atoms with E-state index in [4.69, 9.17) is 11.6 Å². The van der Waals surface area contributed by atoms with Gasteiger partial charge in [0.25, 0.3) is 5.91 Å². The van der Waals surface area contributed by atoms with Gasteiger partial charge in [0.05, 0.1) is 11.9 Å². The van der Waals surface area contributed by atoms with E-state index in [1.165, 1.54) is 24.4 Å². The van der Waals surface area contributed by atoms with Gasteiger partial charge in [-0.25, -0.2) is 9.97 Å². The Morgan fingerprint density at radius 1 is 1.44 bits per heavy atom. The molecule has 1 N–H and O–H groups in total. The van der Waals surface area contributed by atoms with E-state index in [0.717, 1.165) is 5.56 Å². The minimum atomic E-state index is -0.701. The topological polar surface area (TPSA) is 54.9 Å². The van der Waals surface area contributed by atoms with E-state index in [2.05, 4.69) is 15.3 Å². The van der Waals surface area contributed by atoms with E-state index in [1.54, 1.807) is 13.0 Å². The van der Waals surface area contributed by atoms with Crippen molar-refractivity contribution in [2.75, 3.05) is 5.32 Å². The highest BCUT2D eigenvalue weighted by Crippen LogP contribution is 2.16. The van der Waals surface area contributed by atoms with E-state index in [0.29, 0.717) is 10.8 Å². The van der Waals surface area contributed by atoms with Crippen molar-refractivity contribution >= 4 is 23.2 Å². The molecule has 0 radical (unpaired) electrons. The van der Waals surface area contributed by atoms with E-state index >= 15 is 0 Å². The molecule has 2 aromatic heterocycles. The average molecular weight is 266 g/mol. The first-order chi connectivity index (χ1) is 8.56. The lowest BCUT2D eigenvalue weighted by Gasteiger charge is -2.05. The molecule has 0 aliphatic carbocycles. The number of hydrogen-bond acceptors (Lipinski definition) is 3. The molecule has 2 heterocycles. The number of nitrogens with zero attached hydrogens (tertiary/aromatic N) is 2. The van der Waals surface area contributed by atoms with Gasteiger partial charge < -0.3 is 5.32 Å². The van der Waals surface area contributed by atoms with Crippen LogP contribution in [-0.4, -0.2) is 15.9 Å². The molecule has 0 saturated heterocycles. The Morgan fingerprint density at radius 3 is 2.89 bits per heavy atom. The standard InChI is InChI=1S/C12H9ClFN3O/c1-7-5-8(6-15-11(7)13)16-12(18)9-3-2-4-10(14)17-9/h2-6H,1H3,(H,16,18). The van der Waals surface area contributed by atoms with Crippen LogP contribution in [0.15, 0.2) is 30.5 Å². The van der Waals surface area contributed by atoms with E-state index in [9.17, 15) is 9.18 Å². The third-order valence-electron chi connectivity index (χ3n) is 2.22. The molecular formula is C12H9ClFN3O.